The first-order valence-electron chi connectivity index (χ1n) is 11.7. The van der Waals surface area contributed by atoms with Crippen LogP contribution >= 0.6 is 0 Å². The minimum atomic E-state index is -0.315. The standard InChI is InChI=1S/C30H28N2O6/c1-35-25-15-13-19(17-27(25)37-3)29(33)31-23-11-7-5-9-21(23)22-10-6-8-12-24(22)32-30(34)20-14-16-26(36-2)28(18-20)38-4/h5-18H,1-4H3,(H,31,33)(H,32,34). The summed E-state index contributed by atoms with van der Waals surface area (Å²) < 4.78 is 21.2. The number of hydrogen-bond acceptors (Lipinski definition) is 6. The van der Waals surface area contributed by atoms with Crippen molar-refractivity contribution in [3.05, 3.63) is 96.1 Å². The van der Waals surface area contributed by atoms with Gasteiger partial charge in [0.05, 0.1) is 28.4 Å². The average Bonchev–Trinajstić information content (AvgIpc) is 2.96. The van der Waals surface area contributed by atoms with Gasteiger partial charge in [-0.15, -0.1) is 0 Å². The molecule has 0 unspecified atom stereocenters. The molecule has 0 spiro atoms. The molecule has 0 bridgehead atoms. The van der Waals surface area contributed by atoms with E-state index in [9.17, 15) is 9.59 Å². The molecule has 0 radical (unpaired) electrons. The molecule has 0 saturated heterocycles. The number of carbonyl (C=O) groups excluding carboxylic acids is 2. The van der Waals surface area contributed by atoms with E-state index in [-0.39, 0.29) is 11.8 Å². The van der Waals surface area contributed by atoms with Crippen LogP contribution in [0, 0.1) is 0 Å². The van der Waals surface area contributed by atoms with Crippen LogP contribution in [0.25, 0.3) is 11.1 Å². The predicted octanol–water partition coefficient (Wildman–Crippen LogP) is 5.89. The predicted molar refractivity (Wildman–Crippen MR) is 147 cm³/mol. The first-order valence-corrected chi connectivity index (χ1v) is 11.7. The van der Waals surface area contributed by atoms with E-state index in [4.69, 9.17) is 18.9 Å². The minimum absolute atomic E-state index is 0.315. The van der Waals surface area contributed by atoms with E-state index >= 15 is 0 Å². The second-order valence-corrected chi connectivity index (χ2v) is 8.14. The quantitative estimate of drug-likeness (QED) is 0.290. The van der Waals surface area contributed by atoms with Gasteiger partial charge >= 0.3 is 0 Å². The van der Waals surface area contributed by atoms with Crippen molar-refractivity contribution in [2.24, 2.45) is 0 Å². The van der Waals surface area contributed by atoms with Crippen molar-refractivity contribution >= 4 is 23.2 Å². The van der Waals surface area contributed by atoms with Crippen molar-refractivity contribution in [2.45, 2.75) is 0 Å². The molecule has 4 aromatic rings. The number of ether oxygens (including phenoxy) is 4. The van der Waals surface area contributed by atoms with Crippen molar-refractivity contribution in [3.63, 3.8) is 0 Å². The lowest BCUT2D eigenvalue weighted by Gasteiger charge is -2.16. The summed E-state index contributed by atoms with van der Waals surface area (Å²) in [6.07, 6.45) is 0. The Morgan fingerprint density at radius 1 is 0.500 bits per heavy atom. The number of carbonyl (C=O) groups is 2. The third kappa shape index (κ3) is 5.54. The van der Waals surface area contributed by atoms with Crippen molar-refractivity contribution in [3.8, 4) is 34.1 Å². The maximum Gasteiger partial charge on any atom is 0.255 e. The molecule has 0 aliphatic carbocycles. The normalized spacial score (nSPS) is 10.3. The van der Waals surface area contributed by atoms with Gasteiger partial charge in [0.1, 0.15) is 0 Å². The maximum absolute atomic E-state index is 13.1. The number of amides is 2. The summed E-state index contributed by atoms with van der Waals surface area (Å²) in [7, 11) is 6.11. The second kappa shape index (κ2) is 11.8. The molecule has 0 aliphatic rings. The first kappa shape index (κ1) is 26.1. The molecule has 0 aliphatic heterocycles. The van der Waals surface area contributed by atoms with Gasteiger partial charge in [0.2, 0.25) is 0 Å². The molecule has 2 amide bonds. The zero-order chi connectivity index (χ0) is 27.1. The summed E-state index contributed by atoms with van der Waals surface area (Å²) in [6, 6.07) is 24.7. The molecular weight excluding hydrogens is 484 g/mol. The summed E-state index contributed by atoms with van der Waals surface area (Å²) in [5.74, 6) is 1.34. The number of rotatable bonds is 9. The molecule has 38 heavy (non-hydrogen) atoms. The van der Waals surface area contributed by atoms with Gasteiger partial charge < -0.3 is 29.6 Å². The van der Waals surface area contributed by atoms with E-state index in [2.05, 4.69) is 10.6 Å². The fraction of sp³-hybridized carbons (Fsp3) is 0.133. The number of hydrogen-bond donors (Lipinski definition) is 2. The van der Waals surface area contributed by atoms with Crippen LogP contribution < -0.4 is 29.6 Å². The highest BCUT2D eigenvalue weighted by molar-refractivity contribution is 6.09. The Bertz CT molecular complexity index is 1360. The Balaban J connectivity index is 1.63. The van der Waals surface area contributed by atoms with E-state index in [1.54, 1.807) is 48.5 Å². The lowest BCUT2D eigenvalue weighted by molar-refractivity contribution is 0.101. The van der Waals surface area contributed by atoms with Crippen LogP contribution in [0.4, 0.5) is 11.4 Å². The maximum atomic E-state index is 13.1. The highest BCUT2D eigenvalue weighted by Crippen LogP contribution is 2.35. The SMILES string of the molecule is COc1ccc(C(=O)Nc2ccccc2-c2ccccc2NC(=O)c2ccc(OC)c(OC)c2)cc1OC. The van der Waals surface area contributed by atoms with Gasteiger partial charge in [-0.05, 0) is 48.5 Å². The van der Waals surface area contributed by atoms with Crippen molar-refractivity contribution in [1.82, 2.24) is 0 Å². The highest BCUT2D eigenvalue weighted by Gasteiger charge is 2.17. The molecule has 194 valence electrons. The van der Waals surface area contributed by atoms with Crippen LogP contribution in [-0.2, 0) is 0 Å². The smallest absolute Gasteiger partial charge is 0.255 e. The van der Waals surface area contributed by atoms with Crippen LogP contribution in [-0.4, -0.2) is 40.3 Å². The molecule has 0 saturated carbocycles. The lowest BCUT2D eigenvalue weighted by Crippen LogP contribution is -2.14. The molecule has 2 N–H and O–H groups in total. The van der Waals surface area contributed by atoms with Crippen molar-refractivity contribution in [1.29, 1.82) is 0 Å². The molecule has 0 atom stereocenters. The average molecular weight is 513 g/mol. The number of benzene rings is 4. The minimum Gasteiger partial charge on any atom is -0.493 e. The third-order valence-corrected chi connectivity index (χ3v) is 5.93. The van der Waals surface area contributed by atoms with E-state index in [1.807, 2.05) is 36.4 Å². The Morgan fingerprint density at radius 2 is 0.868 bits per heavy atom. The third-order valence-electron chi connectivity index (χ3n) is 5.93. The zero-order valence-electron chi connectivity index (χ0n) is 21.5. The fourth-order valence-electron chi connectivity index (χ4n) is 4.00. The van der Waals surface area contributed by atoms with Gasteiger partial charge in [0, 0.05) is 33.6 Å². The Kier molecular flexibility index (Phi) is 8.13. The van der Waals surface area contributed by atoms with E-state index in [0.717, 1.165) is 11.1 Å². The topological polar surface area (TPSA) is 95.1 Å². The summed E-state index contributed by atoms with van der Waals surface area (Å²) in [4.78, 5) is 26.3. The van der Waals surface area contributed by atoms with Crippen molar-refractivity contribution < 1.29 is 28.5 Å². The molecule has 8 nitrogen and oxygen atoms in total. The Morgan fingerprint density at radius 3 is 1.24 bits per heavy atom. The fourth-order valence-corrected chi connectivity index (χ4v) is 4.00. The Labute approximate surface area is 221 Å². The van der Waals surface area contributed by atoms with Gasteiger partial charge in [-0.25, -0.2) is 0 Å². The summed E-state index contributed by atoms with van der Waals surface area (Å²) >= 11 is 0. The van der Waals surface area contributed by atoms with Gasteiger partial charge in [0.25, 0.3) is 11.8 Å². The first-order chi connectivity index (χ1) is 18.5. The van der Waals surface area contributed by atoms with Gasteiger partial charge in [-0.2, -0.15) is 0 Å². The van der Waals surface area contributed by atoms with Crippen LogP contribution in [0.2, 0.25) is 0 Å². The molecular formula is C30H28N2O6. The molecule has 4 aromatic carbocycles. The summed E-state index contributed by atoms with van der Waals surface area (Å²) in [5.41, 5.74) is 3.47. The second-order valence-electron chi connectivity index (χ2n) is 8.14. The number of anilines is 2. The highest BCUT2D eigenvalue weighted by atomic mass is 16.5. The van der Waals surface area contributed by atoms with Gasteiger partial charge in [-0.1, -0.05) is 36.4 Å². The molecule has 0 heterocycles. The Hall–Kier alpha value is -4.98. The lowest BCUT2D eigenvalue weighted by atomic mass is 10.0. The molecule has 0 aromatic heterocycles. The summed E-state index contributed by atoms with van der Waals surface area (Å²) in [5, 5.41) is 5.95. The zero-order valence-corrected chi connectivity index (χ0v) is 21.5. The van der Waals surface area contributed by atoms with E-state index < -0.39 is 0 Å². The van der Waals surface area contributed by atoms with Gasteiger partial charge in [-0.3, -0.25) is 9.59 Å². The van der Waals surface area contributed by atoms with Crippen LogP contribution in [0.5, 0.6) is 23.0 Å². The van der Waals surface area contributed by atoms with Crippen LogP contribution in [0.3, 0.4) is 0 Å². The molecule has 8 heteroatoms. The van der Waals surface area contributed by atoms with Crippen molar-refractivity contribution in [2.75, 3.05) is 39.1 Å². The van der Waals surface area contributed by atoms with Crippen LogP contribution in [0.15, 0.2) is 84.9 Å². The number of para-hydroxylation sites is 2. The van der Waals surface area contributed by atoms with Gasteiger partial charge in [0.15, 0.2) is 23.0 Å². The monoisotopic (exact) mass is 512 g/mol. The van der Waals surface area contributed by atoms with E-state index in [0.29, 0.717) is 45.5 Å². The largest absolute Gasteiger partial charge is 0.493 e. The molecule has 4 rings (SSSR count). The van der Waals surface area contributed by atoms with E-state index in [1.165, 1.54) is 28.4 Å². The molecule has 0 fully saturated rings. The number of methoxy groups -OCH3 is 4. The summed E-state index contributed by atoms with van der Waals surface area (Å²) in [6.45, 7) is 0. The number of nitrogens with one attached hydrogen (secondary N) is 2. The van der Waals surface area contributed by atoms with Crippen LogP contribution in [0.1, 0.15) is 20.7 Å².